The molecule has 3 rings (SSSR count). The first-order valence-corrected chi connectivity index (χ1v) is 8.12. The molecule has 22 heavy (non-hydrogen) atoms. The molecular formula is C16H18N4OS. The second-order valence-electron chi connectivity index (χ2n) is 5.28. The number of carbonyl (C=O) groups excluding carboxylic acids is 1. The molecule has 0 aliphatic rings. The first kappa shape index (κ1) is 14.7. The molecule has 0 bridgehead atoms. The number of aromatic amines is 1. The van der Waals surface area contributed by atoms with Crippen molar-refractivity contribution in [3.8, 4) is 0 Å². The lowest BCUT2D eigenvalue weighted by Gasteiger charge is -2.15. The van der Waals surface area contributed by atoms with Gasteiger partial charge in [-0.3, -0.25) is 4.79 Å². The number of nitrogens with one attached hydrogen (secondary N) is 1. The molecule has 0 aliphatic carbocycles. The Morgan fingerprint density at radius 3 is 2.86 bits per heavy atom. The molecule has 1 N–H and O–H groups in total. The van der Waals surface area contributed by atoms with Gasteiger partial charge in [0.05, 0.1) is 16.0 Å². The molecule has 0 unspecified atom stereocenters. The van der Waals surface area contributed by atoms with E-state index in [1.165, 1.54) is 11.3 Å². The largest absolute Gasteiger partial charge is 0.342 e. The van der Waals surface area contributed by atoms with Crippen LogP contribution in [-0.2, 0) is 6.42 Å². The number of hydrogen-bond acceptors (Lipinski definition) is 4. The van der Waals surface area contributed by atoms with Gasteiger partial charge in [0, 0.05) is 25.4 Å². The molecule has 0 spiro atoms. The Bertz CT molecular complexity index is 759. The molecule has 2 aromatic heterocycles. The highest BCUT2D eigenvalue weighted by Gasteiger charge is 2.14. The zero-order valence-electron chi connectivity index (χ0n) is 12.7. The van der Waals surface area contributed by atoms with Crippen LogP contribution in [0.5, 0.6) is 0 Å². The first-order chi connectivity index (χ1) is 10.6. The van der Waals surface area contributed by atoms with E-state index in [0.29, 0.717) is 12.2 Å². The number of para-hydroxylation sites is 2. The summed E-state index contributed by atoms with van der Waals surface area (Å²) in [7, 11) is 1.82. The van der Waals surface area contributed by atoms with Crippen LogP contribution in [0.3, 0.4) is 0 Å². The average molecular weight is 314 g/mol. The van der Waals surface area contributed by atoms with Crippen molar-refractivity contribution in [2.45, 2.75) is 19.8 Å². The molecule has 1 amide bonds. The van der Waals surface area contributed by atoms with Gasteiger partial charge in [0.25, 0.3) is 5.91 Å². The molecule has 1 aromatic carbocycles. The van der Waals surface area contributed by atoms with Crippen LogP contribution in [0, 0.1) is 6.92 Å². The molecule has 0 saturated heterocycles. The monoisotopic (exact) mass is 314 g/mol. The third kappa shape index (κ3) is 3.17. The van der Waals surface area contributed by atoms with Crippen molar-refractivity contribution in [1.82, 2.24) is 19.9 Å². The molecule has 0 fully saturated rings. The maximum absolute atomic E-state index is 12.2. The minimum Gasteiger partial charge on any atom is -0.342 e. The van der Waals surface area contributed by atoms with Crippen LogP contribution in [0.4, 0.5) is 0 Å². The number of imidazole rings is 1. The van der Waals surface area contributed by atoms with Gasteiger partial charge in [0.2, 0.25) is 0 Å². The van der Waals surface area contributed by atoms with E-state index in [1.807, 2.05) is 43.6 Å². The fourth-order valence-electron chi connectivity index (χ4n) is 2.37. The fourth-order valence-corrected chi connectivity index (χ4v) is 2.95. The third-order valence-electron chi connectivity index (χ3n) is 3.53. The van der Waals surface area contributed by atoms with Crippen LogP contribution in [0.2, 0.25) is 0 Å². The van der Waals surface area contributed by atoms with Crippen molar-refractivity contribution in [3.05, 3.63) is 46.2 Å². The van der Waals surface area contributed by atoms with Crippen LogP contribution < -0.4 is 0 Å². The van der Waals surface area contributed by atoms with Crippen molar-refractivity contribution < 1.29 is 4.79 Å². The van der Waals surface area contributed by atoms with Crippen molar-refractivity contribution in [2.24, 2.45) is 0 Å². The number of aromatic nitrogens is 3. The molecule has 3 aromatic rings. The summed E-state index contributed by atoms with van der Waals surface area (Å²) in [5.41, 5.74) is 2.58. The molecule has 0 radical (unpaired) electrons. The SMILES string of the molecule is Cc1nc(C(=O)N(C)CCCc2nc3ccccc3[nH]2)cs1. The van der Waals surface area contributed by atoms with E-state index < -0.39 is 0 Å². The molecule has 5 nitrogen and oxygen atoms in total. The molecule has 114 valence electrons. The van der Waals surface area contributed by atoms with Gasteiger partial charge in [-0.2, -0.15) is 0 Å². The van der Waals surface area contributed by atoms with E-state index in [1.54, 1.807) is 4.90 Å². The number of nitrogens with zero attached hydrogens (tertiary/aromatic N) is 3. The van der Waals surface area contributed by atoms with E-state index in [-0.39, 0.29) is 5.91 Å². The predicted molar refractivity (Wildman–Crippen MR) is 88.2 cm³/mol. The Labute approximate surface area is 133 Å². The Hall–Kier alpha value is -2.21. The summed E-state index contributed by atoms with van der Waals surface area (Å²) < 4.78 is 0. The minimum atomic E-state index is -0.0195. The van der Waals surface area contributed by atoms with Crippen LogP contribution in [-0.4, -0.2) is 39.4 Å². The molecule has 0 aliphatic heterocycles. The van der Waals surface area contributed by atoms with Gasteiger partial charge in [0.1, 0.15) is 11.5 Å². The number of fused-ring (bicyclic) bond motifs is 1. The van der Waals surface area contributed by atoms with Crippen molar-refractivity contribution >= 4 is 28.3 Å². The number of amides is 1. The van der Waals surface area contributed by atoms with Gasteiger partial charge in [0.15, 0.2) is 0 Å². The predicted octanol–water partition coefficient (Wildman–Crippen LogP) is 3.03. The van der Waals surface area contributed by atoms with Crippen LogP contribution in [0.15, 0.2) is 29.6 Å². The average Bonchev–Trinajstić information content (AvgIpc) is 3.11. The second-order valence-corrected chi connectivity index (χ2v) is 6.34. The summed E-state index contributed by atoms with van der Waals surface area (Å²) in [5.74, 6) is 0.945. The first-order valence-electron chi connectivity index (χ1n) is 7.25. The number of aryl methyl sites for hydroxylation is 2. The third-order valence-corrected chi connectivity index (χ3v) is 4.30. The zero-order valence-corrected chi connectivity index (χ0v) is 13.5. The Balaban J connectivity index is 1.55. The van der Waals surface area contributed by atoms with Gasteiger partial charge < -0.3 is 9.88 Å². The van der Waals surface area contributed by atoms with Gasteiger partial charge >= 0.3 is 0 Å². The topological polar surface area (TPSA) is 61.9 Å². The minimum absolute atomic E-state index is 0.0195. The fraction of sp³-hybridized carbons (Fsp3) is 0.312. The number of H-pyrrole nitrogens is 1. The van der Waals surface area contributed by atoms with Crippen LogP contribution >= 0.6 is 11.3 Å². The summed E-state index contributed by atoms with van der Waals surface area (Å²) >= 11 is 1.50. The molecule has 0 saturated carbocycles. The second kappa shape index (κ2) is 6.27. The van der Waals surface area contributed by atoms with E-state index in [9.17, 15) is 4.79 Å². The summed E-state index contributed by atoms with van der Waals surface area (Å²) in [5, 5.41) is 2.73. The molecule has 0 atom stereocenters. The molecule has 2 heterocycles. The van der Waals surface area contributed by atoms with Crippen molar-refractivity contribution in [3.63, 3.8) is 0 Å². The number of carbonyl (C=O) groups is 1. The quantitative estimate of drug-likeness (QED) is 0.787. The van der Waals surface area contributed by atoms with E-state index >= 15 is 0 Å². The summed E-state index contributed by atoms with van der Waals surface area (Å²) in [6, 6.07) is 7.99. The number of rotatable bonds is 5. The highest BCUT2D eigenvalue weighted by molar-refractivity contribution is 7.09. The smallest absolute Gasteiger partial charge is 0.273 e. The zero-order chi connectivity index (χ0) is 15.5. The lowest BCUT2D eigenvalue weighted by molar-refractivity contribution is 0.0788. The van der Waals surface area contributed by atoms with Crippen molar-refractivity contribution in [2.75, 3.05) is 13.6 Å². The highest BCUT2D eigenvalue weighted by Crippen LogP contribution is 2.13. The Morgan fingerprint density at radius 2 is 2.14 bits per heavy atom. The highest BCUT2D eigenvalue weighted by atomic mass is 32.1. The van der Waals surface area contributed by atoms with Crippen molar-refractivity contribution in [1.29, 1.82) is 0 Å². The normalized spacial score (nSPS) is 11.0. The number of thiazole rings is 1. The Kier molecular flexibility index (Phi) is 4.20. The molecular weight excluding hydrogens is 296 g/mol. The van der Waals surface area contributed by atoms with E-state index in [2.05, 4.69) is 15.0 Å². The summed E-state index contributed by atoms with van der Waals surface area (Å²) in [4.78, 5) is 26.0. The van der Waals surface area contributed by atoms with E-state index in [0.717, 1.165) is 34.7 Å². The molecule has 6 heteroatoms. The van der Waals surface area contributed by atoms with E-state index in [4.69, 9.17) is 0 Å². The summed E-state index contributed by atoms with van der Waals surface area (Å²) in [6.45, 7) is 2.59. The lowest BCUT2D eigenvalue weighted by atomic mass is 10.2. The Morgan fingerprint density at radius 1 is 1.32 bits per heavy atom. The van der Waals surface area contributed by atoms with Gasteiger partial charge in [-0.05, 0) is 25.5 Å². The lowest BCUT2D eigenvalue weighted by Crippen LogP contribution is -2.28. The standard InChI is InChI=1S/C16H18N4OS/c1-11-17-14(10-22-11)16(21)20(2)9-5-8-15-18-12-6-3-4-7-13(12)19-15/h3-4,6-7,10H,5,8-9H2,1-2H3,(H,18,19). The van der Waals surface area contributed by atoms with Gasteiger partial charge in [-0.25, -0.2) is 9.97 Å². The maximum Gasteiger partial charge on any atom is 0.273 e. The van der Waals surface area contributed by atoms with Gasteiger partial charge in [-0.15, -0.1) is 11.3 Å². The summed E-state index contributed by atoms with van der Waals surface area (Å²) in [6.07, 6.45) is 1.69. The maximum atomic E-state index is 12.2. The van der Waals surface area contributed by atoms with Crippen LogP contribution in [0.1, 0.15) is 27.7 Å². The number of hydrogen-bond donors (Lipinski definition) is 1. The number of benzene rings is 1. The van der Waals surface area contributed by atoms with Crippen LogP contribution in [0.25, 0.3) is 11.0 Å². The van der Waals surface area contributed by atoms with Gasteiger partial charge in [-0.1, -0.05) is 12.1 Å².